The Morgan fingerprint density at radius 2 is 1.81 bits per heavy atom. The normalized spacial score (nSPS) is 12.8. The van der Waals surface area contributed by atoms with Gasteiger partial charge in [-0.25, -0.2) is 4.79 Å². The summed E-state index contributed by atoms with van der Waals surface area (Å²) in [7, 11) is -1.09. The van der Waals surface area contributed by atoms with Crippen LogP contribution in [0.3, 0.4) is 0 Å². The average Bonchev–Trinajstić information content (AvgIpc) is 2.57. The fourth-order valence-electron chi connectivity index (χ4n) is 2.02. The largest absolute Gasteiger partial charge is 0.444 e. The minimum absolute atomic E-state index is 0.0229. The highest BCUT2D eigenvalue weighted by Crippen LogP contribution is 2.47. The molecule has 0 aromatic heterocycles. The van der Waals surface area contributed by atoms with Crippen molar-refractivity contribution in [1.82, 2.24) is 5.32 Å². The van der Waals surface area contributed by atoms with E-state index in [0.29, 0.717) is 10.6 Å². The summed E-state index contributed by atoms with van der Waals surface area (Å²) in [6, 6.07) is 5.58. The predicted octanol–water partition coefficient (Wildman–Crippen LogP) is 4.06. The van der Waals surface area contributed by atoms with Gasteiger partial charge < -0.3 is 24.6 Å². The maximum atomic E-state index is 12.4. The number of nitrogens with zero attached hydrogens (tertiary/aromatic N) is 2. The Bertz CT molecular complexity index is 718. The average molecular weight is 404 g/mol. The summed E-state index contributed by atoms with van der Waals surface area (Å²) >= 11 is 5.90. The van der Waals surface area contributed by atoms with Gasteiger partial charge in [-0.15, -0.1) is 0 Å². The molecule has 144 valence electrons. The molecule has 0 bridgehead atoms. The molecule has 26 heavy (non-hydrogen) atoms. The van der Waals surface area contributed by atoms with Crippen LogP contribution in [0.4, 0.5) is 4.79 Å². The predicted molar refractivity (Wildman–Crippen MR) is 98.7 cm³/mol. The van der Waals surface area contributed by atoms with Crippen LogP contribution in [0.5, 0.6) is 0 Å². The number of carbonyl (C=O) groups excluding carboxylic acids is 1. The van der Waals surface area contributed by atoms with Crippen molar-refractivity contribution in [2.75, 3.05) is 20.4 Å². The number of ether oxygens (including phenoxy) is 1. The molecule has 1 aromatic rings. The fraction of sp³-hybridized carbons (Fsp3) is 0.500. The summed E-state index contributed by atoms with van der Waals surface area (Å²) < 4.78 is 27.4. The van der Waals surface area contributed by atoms with Gasteiger partial charge in [0.2, 0.25) is 0 Å². The molecule has 0 unspecified atom stereocenters. The highest BCUT2D eigenvalue weighted by atomic mass is 35.5. The number of hydrogen-bond acceptors (Lipinski definition) is 5. The zero-order valence-corrected chi connectivity index (χ0v) is 17.0. The summed E-state index contributed by atoms with van der Waals surface area (Å²) in [5.41, 5.74) is 9.25. The molecule has 0 fully saturated rings. The van der Waals surface area contributed by atoms with Crippen LogP contribution < -0.4 is 5.32 Å². The Hall–Kier alpha value is -1.69. The zero-order chi connectivity index (χ0) is 20.0. The number of nitrogens with one attached hydrogen (secondary N) is 1. The second-order valence-electron chi connectivity index (χ2n) is 6.36. The molecule has 1 amide bonds. The summed E-state index contributed by atoms with van der Waals surface area (Å²) in [4.78, 5) is 15.4. The quantitative estimate of drug-likeness (QED) is 0.319. The lowest BCUT2D eigenvalue weighted by molar-refractivity contribution is -0.0127. The first-order valence-corrected chi connectivity index (χ1v) is 9.80. The third kappa shape index (κ3) is 6.90. The minimum atomic E-state index is -3.53. The lowest BCUT2D eigenvalue weighted by Crippen LogP contribution is -2.39. The van der Waals surface area contributed by atoms with E-state index in [1.807, 2.05) is 0 Å². The number of rotatable bonds is 7. The molecular weight excluding hydrogens is 381 g/mol. The van der Waals surface area contributed by atoms with Gasteiger partial charge in [0.15, 0.2) is 6.04 Å². The first kappa shape index (κ1) is 22.4. The molecule has 0 saturated heterocycles. The number of amides is 1. The van der Waals surface area contributed by atoms with Gasteiger partial charge in [-0.3, -0.25) is 4.57 Å². The summed E-state index contributed by atoms with van der Waals surface area (Å²) in [5.74, 6) is 0. The van der Waals surface area contributed by atoms with Gasteiger partial charge in [0.25, 0.3) is 0 Å². The monoisotopic (exact) mass is 403 g/mol. The zero-order valence-electron chi connectivity index (χ0n) is 15.4. The van der Waals surface area contributed by atoms with Crippen molar-refractivity contribution in [2.45, 2.75) is 32.4 Å². The highest BCUT2D eigenvalue weighted by molar-refractivity contribution is 7.54. The van der Waals surface area contributed by atoms with Crippen molar-refractivity contribution in [3.63, 3.8) is 0 Å². The van der Waals surface area contributed by atoms with Crippen LogP contribution in [-0.2, 0) is 18.3 Å². The molecule has 0 aliphatic heterocycles. The lowest BCUT2D eigenvalue weighted by atomic mass is 10.0. The summed E-state index contributed by atoms with van der Waals surface area (Å²) in [5, 5.41) is 3.10. The van der Waals surface area contributed by atoms with E-state index in [1.54, 1.807) is 45.0 Å². The molecule has 8 nitrogen and oxygen atoms in total. The second kappa shape index (κ2) is 9.31. The molecule has 1 atom stereocenters. The molecule has 0 radical (unpaired) electrons. The van der Waals surface area contributed by atoms with E-state index in [0.717, 1.165) is 0 Å². The van der Waals surface area contributed by atoms with Crippen molar-refractivity contribution in [2.24, 2.45) is 0 Å². The standard InChI is InChI=1S/C16H23ClN3O5P/c1-16(2,3)25-15(21)19-14(11-6-8-12(17)9-7-11)13(20-18)10-26(22,23-4)24-5/h6-9,14H,10H2,1-5H3,(H,19,21)/t14-/m1/s1. The van der Waals surface area contributed by atoms with Crippen molar-refractivity contribution < 1.29 is 27.9 Å². The van der Waals surface area contributed by atoms with Crippen LogP contribution in [0.15, 0.2) is 24.3 Å². The molecule has 0 spiro atoms. The van der Waals surface area contributed by atoms with Crippen LogP contribution in [0.1, 0.15) is 32.4 Å². The number of hydrogen-bond donors (Lipinski definition) is 1. The van der Waals surface area contributed by atoms with Crippen molar-refractivity contribution >= 4 is 31.0 Å². The molecule has 0 heterocycles. The Balaban J connectivity index is 3.21. The van der Waals surface area contributed by atoms with E-state index in [4.69, 9.17) is 25.4 Å². The number of benzene rings is 1. The van der Waals surface area contributed by atoms with Gasteiger partial charge in [0.1, 0.15) is 11.8 Å². The van der Waals surface area contributed by atoms with Crippen LogP contribution in [0.2, 0.25) is 5.02 Å². The molecule has 1 N–H and O–H groups in total. The van der Waals surface area contributed by atoms with Gasteiger partial charge in [0.05, 0.1) is 0 Å². The first-order chi connectivity index (χ1) is 12.0. The number of carbonyl (C=O) groups is 1. The van der Waals surface area contributed by atoms with Crippen molar-refractivity contribution in [3.05, 3.63) is 40.4 Å². The lowest BCUT2D eigenvalue weighted by Gasteiger charge is -2.23. The van der Waals surface area contributed by atoms with E-state index in [2.05, 4.69) is 10.1 Å². The molecular formula is C16H23ClN3O5P. The van der Waals surface area contributed by atoms with E-state index < -0.39 is 25.3 Å². The maximum Gasteiger partial charge on any atom is 0.408 e. The minimum Gasteiger partial charge on any atom is -0.444 e. The van der Waals surface area contributed by atoms with Gasteiger partial charge in [-0.1, -0.05) is 23.7 Å². The van der Waals surface area contributed by atoms with Gasteiger partial charge in [0, 0.05) is 19.2 Å². The third-order valence-electron chi connectivity index (χ3n) is 3.24. The van der Waals surface area contributed by atoms with Crippen LogP contribution >= 0.6 is 19.2 Å². The van der Waals surface area contributed by atoms with Crippen molar-refractivity contribution in [3.8, 4) is 0 Å². The van der Waals surface area contributed by atoms with E-state index in [-0.39, 0.29) is 11.9 Å². The Morgan fingerprint density at radius 3 is 2.23 bits per heavy atom. The number of halogens is 1. The Kier molecular flexibility index (Phi) is 8.00. The summed E-state index contributed by atoms with van der Waals surface area (Å²) in [6.07, 6.45) is -1.07. The topological polar surface area (TPSA) is 110 Å². The molecule has 0 aliphatic rings. The molecule has 0 saturated carbocycles. The fourth-order valence-corrected chi connectivity index (χ4v) is 3.20. The molecule has 1 rings (SSSR count). The van der Waals surface area contributed by atoms with Crippen LogP contribution in [0, 0.1) is 0 Å². The first-order valence-electron chi connectivity index (χ1n) is 7.70. The molecule has 0 aliphatic carbocycles. The molecule has 1 aromatic carbocycles. The molecule has 10 heteroatoms. The highest BCUT2D eigenvalue weighted by Gasteiger charge is 2.37. The van der Waals surface area contributed by atoms with E-state index >= 15 is 0 Å². The van der Waals surface area contributed by atoms with Gasteiger partial charge >= 0.3 is 19.4 Å². The SMILES string of the molecule is COP(=O)(CC(=[N+]=[N-])[C@H](NC(=O)OC(C)(C)C)c1ccc(Cl)cc1)OC. The second-order valence-corrected chi connectivity index (χ2v) is 9.06. The van der Waals surface area contributed by atoms with Crippen LogP contribution in [-0.4, -0.2) is 42.6 Å². The Morgan fingerprint density at radius 1 is 1.27 bits per heavy atom. The van der Waals surface area contributed by atoms with Gasteiger partial charge in [-0.05, 0) is 38.5 Å². The van der Waals surface area contributed by atoms with Gasteiger partial charge in [-0.2, -0.15) is 4.79 Å². The third-order valence-corrected chi connectivity index (χ3v) is 5.31. The van der Waals surface area contributed by atoms with E-state index in [1.165, 1.54) is 14.2 Å². The summed E-state index contributed by atoms with van der Waals surface area (Å²) in [6.45, 7) is 5.15. The smallest absolute Gasteiger partial charge is 0.408 e. The van der Waals surface area contributed by atoms with E-state index in [9.17, 15) is 14.9 Å². The number of alkyl carbamates (subject to hydrolysis) is 1. The van der Waals surface area contributed by atoms with Crippen molar-refractivity contribution in [1.29, 1.82) is 0 Å². The maximum absolute atomic E-state index is 12.4. The Labute approximate surface area is 157 Å². The van der Waals surface area contributed by atoms with Crippen LogP contribution in [0.25, 0.3) is 5.53 Å².